The number of ether oxygens (including phenoxy) is 1. The van der Waals surface area contributed by atoms with Crippen LogP contribution in [0.3, 0.4) is 0 Å². The van der Waals surface area contributed by atoms with Gasteiger partial charge in [-0.05, 0) is 12.1 Å². The SMILES string of the molecule is C=CCN(C(=O)C(=[N+]=[N-])C(=O)OC)c1ccccc1. The van der Waals surface area contributed by atoms with Crippen LogP contribution in [-0.2, 0) is 14.3 Å². The van der Waals surface area contributed by atoms with Crippen LogP contribution in [0.1, 0.15) is 0 Å². The molecule has 6 heteroatoms. The molecule has 1 aromatic carbocycles. The molecule has 0 bridgehead atoms. The van der Waals surface area contributed by atoms with Crippen LogP contribution in [0.25, 0.3) is 5.53 Å². The molecule has 0 N–H and O–H groups in total. The van der Waals surface area contributed by atoms with Crippen LogP contribution < -0.4 is 4.90 Å². The van der Waals surface area contributed by atoms with Crippen LogP contribution in [-0.4, -0.2) is 36.0 Å². The van der Waals surface area contributed by atoms with Gasteiger partial charge in [0.2, 0.25) is 0 Å². The summed E-state index contributed by atoms with van der Waals surface area (Å²) in [4.78, 5) is 27.4. The summed E-state index contributed by atoms with van der Waals surface area (Å²) in [6.45, 7) is 3.71. The lowest BCUT2D eigenvalue weighted by Gasteiger charge is -2.18. The van der Waals surface area contributed by atoms with E-state index in [2.05, 4.69) is 16.1 Å². The average molecular weight is 259 g/mol. The number of amides is 1. The second-order valence-electron chi connectivity index (χ2n) is 3.48. The fraction of sp³-hybridized carbons (Fsp3) is 0.154. The normalized spacial score (nSPS) is 9.11. The molecule has 6 nitrogen and oxygen atoms in total. The summed E-state index contributed by atoms with van der Waals surface area (Å²) < 4.78 is 4.39. The van der Waals surface area contributed by atoms with Gasteiger partial charge in [-0.25, -0.2) is 4.79 Å². The predicted molar refractivity (Wildman–Crippen MR) is 69.6 cm³/mol. The third-order valence-electron chi connectivity index (χ3n) is 2.31. The van der Waals surface area contributed by atoms with Crippen molar-refractivity contribution in [2.45, 2.75) is 0 Å². The quantitative estimate of drug-likeness (QED) is 0.198. The molecule has 0 aliphatic rings. The highest BCUT2D eigenvalue weighted by Gasteiger charge is 2.35. The lowest BCUT2D eigenvalue weighted by Crippen LogP contribution is -2.41. The highest BCUT2D eigenvalue weighted by molar-refractivity contribution is 6.64. The van der Waals surface area contributed by atoms with E-state index in [4.69, 9.17) is 5.53 Å². The van der Waals surface area contributed by atoms with Crippen molar-refractivity contribution in [3.05, 3.63) is 48.5 Å². The van der Waals surface area contributed by atoms with Crippen molar-refractivity contribution in [2.75, 3.05) is 18.6 Å². The maximum Gasteiger partial charge on any atom is 0.463 e. The molecule has 0 fully saturated rings. The molecule has 1 rings (SSSR count). The second kappa shape index (κ2) is 6.88. The van der Waals surface area contributed by atoms with E-state index in [9.17, 15) is 9.59 Å². The van der Waals surface area contributed by atoms with E-state index in [0.29, 0.717) is 5.69 Å². The van der Waals surface area contributed by atoms with E-state index >= 15 is 0 Å². The number of anilines is 1. The first-order valence-electron chi connectivity index (χ1n) is 5.43. The Morgan fingerprint density at radius 2 is 2.05 bits per heavy atom. The van der Waals surface area contributed by atoms with Crippen LogP contribution in [0.15, 0.2) is 43.0 Å². The summed E-state index contributed by atoms with van der Waals surface area (Å²) in [6.07, 6.45) is 1.50. The molecule has 0 aliphatic heterocycles. The van der Waals surface area contributed by atoms with E-state index in [1.807, 2.05) is 0 Å². The topological polar surface area (TPSA) is 83.0 Å². The number of nitrogens with zero attached hydrogens (tertiary/aromatic N) is 3. The Bertz CT molecular complexity index is 533. The second-order valence-corrected chi connectivity index (χ2v) is 3.48. The Labute approximate surface area is 110 Å². The first-order chi connectivity index (χ1) is 9.15. The number of esters is 1. The first kappa shape index (κ1) is 14.3. The van der Waals surface area contributed by atoms with Gasteiger partial charge in [0, 0.05) is 12.2 Å². The van der Waals surface area contributed by atoms with Crippen molar-refractivity contribution >= 4 is 23.3 Å². The summed E-state index contributed by atoms with van der Waals surface area (Å²) in [7, 11) is 1.10. The molecule has 0 aliphatic carbocycles. The van der Waals surface area contributed by atoms with Gasteiger partial charge in [0.05, 0.1) is 7.11 Å². The van der Waals surface area contributed by atoms with Gasteiger partial charge in [-0.2, -0.15) is 4.79 Å². The number of methoxy groups -OCH3 is 1. The summed E-state index contributed by atoms with van der Waals surface area (Å²) in [5.41, 5.74) is 8.64. The largest absolute Gasteiger partial charge is 0.463 e. The Morgan fingerprint density at radius 1 is 1.42 bits per heavy atom. The molecule has 98 valence electrons. The van der Waals surface area contributed by atoms with Gasteiger partial charge in [-0.1, -0.05) is 24.3 Å². The van der Waals surface area contributed by atoms with Crippen molar-refractivity contribution in [3.63, 3.8) is 0 Å². The van der Waals surface area contributed by atoms with E-state index < -0.39 is 17.6 Å². The van der Waals surface area contributed by atoms with Crippen LogP contribution >= 0.6 is 0 Å². The van der Waals surface area contributed by atoms with E-state index in [0.717, 1.165) is 7.11 Å². The van der Waals surface area contributed by atoms with Gasteiger partial charge in [0.25, 0.3) is 0 Å². The highest BCUT2D eigenvalue weighted by atomic mass is 16.5. The lowest BCUT2D eigenvalue weighted by molar-refractivity contribution is -0.139. The van der Waals surface area contributed by atoms with Gasteiger partial charge < -0.3 is 10.3 Å². The smallest absolute Gasteiger partial charge is 0.460 e. The maximum absolute atomic E-state index is 12.2. The minimum Gasteiger partial charge on any atom is -0.460 e. The number of hydrogen-bond donors (Lipinski definition) is 0. The molecule has 0 aromatic heterocycles. The summed E-state index contributed by atoms with van der Waals surface area (Å²) in [5.74, 6) is -1.77. The Kier molecular flexibility index (Phi) is 5.19. The number of carbonyl (C=O) groups excluding carboxylic acids is 2. The molecule has 0 atom stereocenters. The van der Waals surface area contributed by atoms with Gasteiger partial charge in [-0.3, -0.25) is 9.69 Å². The maximum atomic E-state index is 12.2. The summed E-state index contributed by atoms with van der Waals surface area (Å²) in [5, 5.41) is 0. The molecule has 19 heavy (non-hydrogen) atoms. The lowest BCUT2D eigenvalue weighted by atomic mass is 10.2. The summed E-state index contributed by atoms with van der Waals surface area (Å²) in [6, 6.07) is 8.65. The van der Waals surface area contributed by atoms with Gasteiger partial charge in [0.15, 0.2) is 0 Å². The molecule has 0 saturated carbocycles. The zero-order chi connectivity index (χ0) is 14.3. The standard InChI is InChI=1S/C13H13N3O3/c1-3-9-16(10-7-5-4-6-8-10)12(17)11(15-14)13(18)19-2/h3-8H,1,9H2,2H3. The Balaban J connectivity index is 3.13. The number of benzene rings is 1. The van der Waals surface area contributed by atoms with E-state index in [1.54, 1.807) is 30.3 Å². The van der Waals surface area contributed by atoms with E-state index in [-0.39, 0.29) is 6.54 Å². The molecule has 0 heterocycles. The Hall–Kier alpha value is -2.72. The fourth-order valence-electron chi connectivity index (χ4n) is 1.44. The average Bonchev–Trinajstić information content (AvgIpc) is 2.46. The van der Waals surface area contributed by atoms with Gasteiger partial charge >= 0.3 is 17.6 Å². The minimum atomic E-state index is -1.00. The predicted octanol–water partition coefficient (Wildman–Crippen LogP) is 1.05. The molecule has 0 unspecified atom stereocenters. The van der Waals surface area contributed by atoms with Crippen molar-refractivity contribution in [1.82, 2.24) is 0 Å². The van der Waals surface area contributed by atoms with Crippen LogP contribution in [0.2, 0.25) is 0 Å². The van der Waals surface area contributed by atoms with Crippen LogP contribution in [0.5, 0.6) is 0 Å². The van der Waals surface area contributed by atoms with Crippen molar-refractivity contribution in [2.24, 2.45) is 0 Å². The van der Waals surface area contributed by atoms with Crippen molar-refractivity contribution in [1.29, 1.82) is 0 Å². The third kappa shape index (κ3) is 3.37. The molecule has 1 amide bonds. The third-order valence-corrected chi connectivity index (χ3v) is 2.31. The molecule has 1 aromatic rings. The van der Waals surface area contributed by atoms with Crippen molar-refractivity contribution in [3.8, 4) is 0 Å². The van der Waals surface area contributed by atoms with Gasteiger partial charge in [0.1, 0.15) is 0 Å². The number of rotatable bonds is 5. The molecule has 0 saturated heterocycles. The van der Waals surface area contributed by atoms with Gasteiger partial charge in [-0.15, -0.1) is 6.58 Å². The van der Waals surface area contributed by atoms with Crippen LogP contribution in [0.4, 0.5) is 5.69 Å². The highest BCUT2D eigenvalue weighted by Crippen LogP contribution is 2.13. The Morgan fingerprint density at radius 3 is 2.53 bits per heavy atom. The van der Waals surface area contributed by atoms with E-state index in [1.165, 1.54) is 11.0 Å². The monoisotopic (exact) mass is 259 g/mol. The number of carbonyl (C=O) groups is 2. The first-order valence-corrected chi connectivity index (χ1v) is 5.43. The zero-order valence-electron chi connectivity index (χ0n) is 10.4. The zero-order valence-corrected chi connectivity index (χ0v) is 10.4. The summed E-state index contributed by atoms with van der Waals surface area (Å²) >= 11 is 0. The fourth-order valence-corrected chi connectivity index (χ4v) is 1.44. The van der Waals surface area contributed by atoms with Crippen molar-refractivity contribution < 1.29 is 19.1 Å². The number of para-hydroxylation sites is 1. The molecular weight excluding hydrogens is 246 g/mol. The molecule has 0 radical (unpaired) electrons. The number of hydrogen-bond acceptors (Lipinski definition) is 3. The molecule has 0 spiro atoms. The molecular formula is C13H13N3O3. The van der Waals surface area contributed by atoms with Crippen LogP contribution in [0, 0.1) is 0 Å². The minimum absolute atomic E-state index is 0.166.